The van der Waals surface area contributed by atoms with Crippen molar-refractivity contribution >= 4 is 33.5 Å². The highest BCUT2D eigenvalue weighted by Gasteiger charge is 2.26. The van der Waals surface area contributed by atoms with E-state index in [-0.39, 0.29) is 11.3 Å². The molecule has 1 unspecified atom stereocenters. The molecular formula is C22H18F2N3O4S+. The number of hydrogen-bond donors (Lipinski definition) is 2. The van der Waals surface area contributed by atoms with Crippen LogP contribution < -0.4 is 14.2 Å². The lowest BCUT2D eigenvalue weighted by Crippen LogP contribution is -2.12. The second-order valence-electron chi connectivity index (χ2n) is 6.66. The number of aromatic nitrogens is 2. The number of H-pyrrole nitrogens is 1. The Hall–Kier alpha value is -3.79. The minimum atomic E-state index is -2.35. The van der Waals surface area contributed by atoms with Crippen molar-refractivity contribution in [3.05, 3.63) is 77.6 Å². The summed E-state index contributed by atoms with van der Waals surface area (Å²) in [4.78, 5) is 20.1. The summed E-state index contributed by atoms with van der Waals surface area (Å²) in [5.41, 5.74) is -0.533. The fourth-order valence-electron chi connectivity index (χ4n) is 3.25. The number of ketones is 1. The standard InChI is InChI=1S/C22H17F2N3O4S/c1-30-17-8-5-12(10-18(17)31-2)32(29)27-16-7-6-15(23)19(20(16)24)21(28)14-11-26-22-13(14)4-3-9-25-22/h3-11H,1-2H3,(H,25,26)(H,27,29)/p+1. The smallest absolute Gasteiger partial charge is 0.201 e. The fraction of sp³-hybridized carbons (Fsp3) is 0.0909. The molecule has 0 aliphatic heterocycles. The zero-order chi connectivity index (χ0) is 22.8. The van der Waals surface area contributed by atoms with E-state index >= 15 is 4.39 Å². The normalized spacial score (nSPS) is 11.9. The van der Waals surface area contributed by atoms with Gasteiger partial charge in [-0.1, -0.05) is 4.21 Å². The van der Waals surface area contributed by atoms with Gasteiger partial charge in [0.1, 0.15) is 17.2 Å². The number of nitrogens with one attached hydrogen (secondary N) is 2. The largest absolute Gasteiger partial charge is 0.493 e. The Labute approximate surface area is 184 Å². The number of rotatable bonds is 7. The highest BCUT2D eigenvalue weighted by molar-refractivity contribution is 7.86. The molecule has 2 aromatic carbocycles. The molecule has 10 heteroatoms. The lowest BCUT2D eigenvalue weighted by Gasteiger charge is -2.09. The number of fused-ring (bicyclic) bond motifs is 1. The van der Waals surface area contributed by atoms with E-state index in [9.17, 15) is 13.4 Å². The van der Waals surface area contributed by atoms with E-state index in [4.69, 9.17) is 9.47 Å². The molecule has 2 N–H and O–H groups in total. The molecule has 1 atom stereocenters. The van der Waals surface area contributed by atoms with Crippen molar-refractivity contribution < 1.29 is 27.3 Å². The van der Waals surface area contributed by atoms with E-state index in [1.54, 1.807) is 18.2 Å². The fourth-order valence-corrected chi connectivity index (χ4v) is 4.22. The Morgan fingerprint density at radius 1 is 1.09 bits per heavy atom. The van der Waals surface area contributed by atoms with Gasteiger partial charge in [0.15, 0.2) is 33.2 Å². The van der Waals surface area contributed by atoms with Crippen molar-refractivity contribution in [2.24, 2.45) is 0 Å². The second-order valence-corrected chi connectivity index (χ2v) is 7.99. The first kappa shape index (κ1) is 21.4. The van der Waals surface area contributed by atoms with Gasteiger partial charge in [-0.05, 0) is 36.4 Å². The van der Waals surface area contributed by atoms with Gasteiger partial charge in [-0.25, -0.2) is 18.5 Å². The van der Waals surface area contributed by atoms with Gasteiger partial charge in [0.05, 0.1) is 19.8 Å². The van der Waals surface area contributed by atoms with Gasteiger partial charge in [0.25, 0.3) is 0 Å². The quantitative estimate of drug-likeness (QED) is 0.246. The van der Waals surface area contributed by atoms with Crippen molar-refractivity contribution in [1.82, 2.24) is 9.97 Å². The minimum Gasteiger partial charge on any atom is -0.493 e. The minimum absolute atomic E-state index is 0.0762. The number of methoxy groups -OCH3 is 2. The van der Waals surface area contributed by atoms with Crippen LogP contribution in [-0.4, -0.2) is 30.0 Å². The average Bonchev–Trinajstić information content (AvgIpc) is 3.24. The maximum Gasteiger partial charge on any atom is 0.201 e. The van der Waals surface area contributed by atoms with Crippen molar-refractivity contribution in [1.29, 1.82) is 0 Å². The van der Waals surface area contributed by atoms with E-state index < -0.39 is 34.0 Å². The van der Waals surface area contributed by atoms with Gasteiger partial charge in [-0.3, -0.25) is 4.79 Å². The Kier molecular flexibility index (Phi) is 5.87. The van der Waals surface area contributed by atoms with Gasteiger partial charge in [0.2, 0.25) is 5.78 Å². The summed E-state index contributed by atoms with van der Waals surface area (Å²) in [6, 6.07) is 9.85. The Bertz CT molecular complexity index is 1360. The number of nitrogens with zero attached hydrogens (tertiary/aromatic N) is 1. The molecule has 164 valence electrons. The number of hydrogen-bond acceptors (Lipinski definition) is 5. The first-order chi connectivity index (χ1) is 15.4. The second kappa shape index (κ2) is 8.75. The molecule has 0 saturated heterocycles. The van der Waals surface area contributed by atoms with Crippen molar-refractivity contribution in [3.8, 4) is 11.5 Å². The molecule has 0 bridgehead atoms. The van der Waals surface area contributed by atoms with Gasteiger partial charge >= 0.3 is 0 Å². The van der Waals surface area contributed by atoms with Gasteiger partial charge in [-0.2, -0.15) is 0 Å². The molecular weight excluding hydrogens is 440 g/mol. The molecule has 2 heterocycles. The molecule has 4 rings (SSSR count). The number of halogens is 2. The predicted octanol–water partition coefficient (Wildman–Crippen LogP) is 4.17. The Morgan fingerprint density at radius 2 is 1.88 bits per heavy atom. The summed E-state index contributed by atoms with van der Waals surface area (Å²) < 4.78 is 55.3. The van der Waals surface area contributed by atoms with Gasteiger partial charge in [-0.15, -0.1) is 0 Å². The number of carbonyl (C=O) groups excluding carboxylic acids is 1. The van der Waals surface area contributed by atoms with Crippen LogP contribution in [0.3, 0.4) is 0 Å². The van der Waals surface area contributed by atoms with Crippen LogP contribution in [-0.2, 0) is 15.2 Å². The molecule has 2 aromatic heterocycles. The first-order valence-electron chi connectivity index (χ1n) is 9.35. The molecule has 7 nitrogen and oxygen atoms in total. The third kappa shape index (κ3) is 3.80. The topological polar surface area (TPSA) is 93.3 Å². The molecule has 0 fully saturated rings. The van der Waals surface area contributed by atoms with E-state index in [1.807, 2.05) is 0 Å². The highest BCUT2D eigenvalue weighted by atomic mass is 32.2. The maximum absolute atomic E-state index is 15.2. The summed E-state index contributed by atoms with van der Waals surface area (Å²) in [5.74, 6) is -2.24. The first-order valence-corrected chi connectivity index (χ1v) is 10.6. The molecule has 0 aliphatic rings. The number of aromatic amines is 1. The molecule has 32 heavy (non-hydrogen) atoms. The maximum atomic E-state index is 15.2. The van der Waals surface area contributed by atoms with E-state index in [2.05, 4.69) is 14.7 Å². The van der Waals surface area contributed by atoms with Crippen LogP contribution in [0.25, 0.3) is 11.0 Å². The van der Waals surface area contributed by atoms with Crippen LogP contribution in [0, 0.1) is 11.6 Å². The molecule has 0 amide bonds. The predicted molar refractivity (Wildman–Crippen MR) is 117 cm³/mol. The Morgan fingerprint density at radius 3 is 2.62 bits per heavy atom. The third-order valence-electron chi connectivity index (χ3n) is 4.84. The monoisotopic (exact) mass is 458 g/mol. The van der Waals surface area contributed by atoms with Gasteiger partial charge < -0.3 is 14.5 Å². The average molecular weight is 458 g/mol. The summed E-state index contributed by atoms with van der Waals surface area (Å²) in [7, 11) is 0.547. The zero-order valence-corrected chi connectivity index (χ0v) is 17.9. The number of ether oxygens (including phenoxy) is 2. The van der Waals surface area contributed by atoms with Crippen molar-refractivity contribution in [3.63, 3.8) is 0 Å². The summed E-state index contributed by atoms with van der Waals surface area (Å²) >= 11 is 0. The molecule has 4 aromatic rings. The molecule has 0 saturated carbocycles. The van der Waals surface area contributed by atoms with E-state index in [0.717, 1.165) is 12.1 Å². The lowest BCUT2D eigenvalue weighted by molar-refractivity contribution is 0.103. The number of carbonyl (C=O) groups is 1. The molecule has 0 aliphatic carbocycles. The van der Waals surface area contributed by atoms with Crippen LogP contribution in [0.5, 0.6) is 11.5 Å². The number of thiol groups is 1. The highest BCUT2D eigenvalue weighted by Crippen LogP contribution is 2.31. The van der Waals surface area contributed by atoms with Crippen LogP contribution in [0.2, 0.25) is 0 Å². The van der Waals surface area contributed by atoms with Crippen LogP contribution >= 0.6 is 0 Å². The van der Waals surface area contributed by atoms with Crippen LogP contribution in [0.15, 0.2) is 59.8 Å². The SMILES string of the molecule is COc1ccc([SH+](=O)Nc2ccc(F)c(C(=O)c3c[nH]c4ncccc34)c2F)cc1OC. The van der Waals surface area contributed by atoms with Crippen molar-refractivity contribution in [2.75, 3.05) is 18.9 Å². The number of anilines is 1. The molecule has 0 radical (unpaired) electrons. The van der Waals surface area contributed by atoms with Crippen LogP contribution in [0.4, 0.5) is 14.5 Å². The van der Waals surface area contributed by atoms with E-state index in [1.165, 1.54) is 38.7 Å². The Balaban J connectivity index is 1.68. The summed E-state index contributed by atoms with van der Waals surface area (Å²) in [6.07, 6.45) is 2.88. The summed E-state index contributed by atoms with van der Waals surface area (Å²) in [6.45, 7) is 0. The third-order valence-corrected chi connectivity index (χ3v) is 6.03. The van der Waals surface area contributed by atoms with Crippen molar-refractivity contribution in [2.45, 2.75) is 4.90 Å². The summed E-state index contributed by atoms with van der Waals surface area (Å²) in [5, 5.41) is 0.436. The molecule has 0 spiro atoms. The van der Waals surface area contributed by atoms with E-state index in [0.29, 0.717) is 27.4 Å². The number of benzene rings is 2. The number of pyridine rings is 1. The zero-order valence-electron chi connectivity index (χ0n) is 17.0. The lowest BCUT2D eigenvalue weighted by atomic mass is 10.0. The van der Waals surface area contributed by atoms with Crippen LogP contribution in [0.1, 0.15) is 15.9 Å². The van der Waals surface area contributed by atoms with Gasteiger partial charge in [0, 0.05) is 29.4 Å².